The molecule has 1 heterocycles. The second-order valence-corrected chi connectivity index (χ2v) is 8.57. The Morgan fingerprint density at radius 1 is 1.00 bits per heavy atom. The van der Waals surface area contributed by atoms with Gasteiger partial charge < -0.3 is 37.6 Å². The molecule has 3 rings (SSSR count). The number of unbranched alkanes of at least 4 members (excludes halogenated alkanes) is 1. The standard InChI is InChI=1S/C25H32NO3.HI/c1-5-6-11-23-24(21-10-7-8-12-22(21)29-23)25(27)19-13-15-20(16-14-19)28-18-9-17-26(2,3)4;/h7-8,10,12-16H,5-6,9,11,17-18H2,1-4H3;1H/q+1;/p-1. The average molecular weight is 521 g/mol. The molecular weight excluding hydrogens is 489 g/mol. The first-order chi connectivity index (χ1) is 13.9. The Balaban J connectivity index is 0.00000320. The molecule has 0 radical (unpaired) electrons. The molecule has 0 bridgehead atoms. The first-order valence-corrected chi connectivity index (χ1v) is 10.5. The van der Waals surface area contributed by atoms with Crippen LogP contribution in [-0.4, -0.2) is 44.6 Å². The highest BCUT2D eigenvalue weighted by Crippen LogP contribution is 2.29. The van der Waals surface area contributed by atoms with Gasteiger partial charge in [-0.05, 0) is 36.8 Å². The SMILES string of the molecule is CCCCc1oc2ccccc2c1C(=O)c1ccc(OCCC[N+](C)(C)C)cc1.[I-]. The van der Waals surface area contributed by atoms with Gasteiger partial charge in [0.2, 0.25) is 0 Å². The maximum atomic E-state index is 13.3. The fraction of sp³-hybridized carbons (Fsp3) is 0.400. The van der Waals surface area contributed by atoms with E-state index in [-0.39, 0.29) is 29.8 Å². The van der Waals surface area contributed by atoms with E-state index in [2.05, 4.69) is 28.1 Å². The maximum absolute atomic E-state index is 13.3. The summed E-state index contributed by atoms with van der Waals surface area (Å²) in [6, 6.07) is 15.2. The number of ketones is 1. The molecule has 0 atom stereocenters. The van der Waals surface area contributed by atoms with Gasteiger partial charge in [0, 0.05) is 23.8 Å². The largest absolute Gasteiger partial charge is 1.00 e. The molecule has 0 spiro atoms. The smallest absolute Gasteiger partial charge is 0.197 e. The summed E-state index contributed by atoms with van der Waals surface area (Å²) in [4.78, 5) is 13.3. The van der Waals surface area contributed by atoms with Crippen LogP contribution in [-0.2, 0) is 6.42 Å². The van der Waals surface area contributed by atoms with Crippen LogP contribution in [0.4, 0.5) is 0 Å². The number of furan rings is 1. The molecule has 0 aliphatic carbocycles. The van der Waals surface area contributed by atoms with E-state index < -0.39 is 0 Å². The third-order valence-corrected chi connectivity index (χ3v) is 5.01. The highest BCUT2D eigenvalue weighted by Gasteiger charge is 2.21. The van der Waals surface area contributed by atoms with Crippen molar-refractivity contribution in [2.75, 3.05) is 34.3 Å². The quantitative estimate of drug-likeness (QED) is 0.178. The molecule has 0 N–H and O–H groups in total. The Hall–Kier alpha value is -1.86. The number of nitrogens with zero attached hydrogens (tertiary/aromatic N) is 1. The van der Waals surface area contributed by atoms with E-state index in [1.807, 2.05) is 48.5 Å². The van der Waals surface area contributed by atoms with Gasteiger partial charge >= 0.3 is 0 Å². The van der Waals surface area contributed by atoms with Crippen molar-refractivity contribution in [2.24, 2.45) is 0 Å². The molecule has 3 aromatic rings. The predicted octanol–water partition coefficient (Wildman–Crippen LogP) is 2.49. The first kappa shape index (κ1) is 24.4. The summed E-state index contributed by atoms with van der Waals surface area (Å²) in [5.74, 6) is 1.60. The zero-order valence-electron chi connectivity index (χ0n) is 18.4. The van der Waals surface area contributed by atoms with Crippen LogP contribution < -0.4 is 28.7 Å². The summed E-state index contributed by atoms with van der Waals surface area (Å²) in [6.45, 7) is 3.88. The Morgan fingerprint density at radius 2 is 1.70 bits per heavy atom. The van der Waals surface area contributed by atoms with Gasteiger partial charge in [-0.25, -0.2) is 0 Å². The lowest BCUT2D eigenvalue weighted by atomic mass is 9.98. The predicted molar refractivity (Wildman–Crippen MR) is 118 cm³/mol. The Bertz CT molecular complexity index is 955. The Kier molecular flexibility index (Phi) is 8.92. The molecule has 0 aliphatic heterocycles. The molecule has 30 heavy (non-hydrogen) atoms. The number of rotatable bonds is 10. The van der Waals surface area contributed by atoms with Crippen LogP contribution in [0.3, 0.4) is 0 Å². The van der Waals surface area contributed by atoms with Gasteiger partial charge in [0.25, 0.3) is 0 Å². The Morgan fingerprint density at radius 3 is 2.37 bits per heavy atom. The van der Waals surface area contributed by atoms with Crippen LogP contribution in [0.5, 0.6) is 5.75 Å². The summed E-state index contributed by atoms with van der Waals surface area (Å²) in [6.07, 6.45) is 3.83. The number of carbonyl (C=O) groups excluding carboxylic acids is 1. The number of carbonyl (C=O) groups is 1. The zero-order chi connectivity index (χ0) is 20.9. The lowest BCUT2D eigenvalue weighted by Crippen LogP contribution is -3.00. The van der Waals surface area contributed by atoms with E-state index in [1.54, 1.807) is 0 Å². The number of para-hydroxylation sites is 1. The van der Waals surface area contributed by atoms with Crippen LogP contribution in [0.25, 0.3) is 11.0 Å². The minimum absolute atomic E-state index is 0. The second kappa shape index (κ2) is 11.0. The van der Waals surface area contributed by atoms with Crippen LogP contribution in [0.15, 0.2) is 52.9 Å². The fourth-order valence-corrected chi connectivity index (χ4v) is 3.43. The normalized spacial score (nSPS) is 11.3. The van der Waals surface area contributed by atoms with Crippen molar-refractivity contribution in [1.29, 1.82) is 0 Å². The highest BCUT2D eigenvalue weighted by molar-refractivity contribution is 6.16. The van der Waals surface area contributed by atoms with Gasteiger partial charge in [0.1, 0.15) is 17.1 Å². The van der Waals surface area contributed by atoms with Crippen LogP contribution in [0.1, 0.15) is 47.9 Å². The van der Waals surface area contributed by atoms with Gasteiger partial charge in [0.05, 0.1) is 39.9 Å². The fourth-order valence-electron chi connectivity index (χ4n) is 3.43. The third-order valence-electron chi connectivity index (χ3n) is 5.01. The van der Waals surface area contributed by atoms with Gasteiger partial charge in [-0.15, -0.1) is 0 Å². The minimum Gasteiger partial charge on any atom is -1.00 e. The van der Waals surface area contributed by atoms with Crippen molar-refractivity contribution in [3.8, 4) is 5.75 Å². The van der Waals surface area contributed by atoms with E-state index in [9.17, 15) is 4.79 Å². The summed E-state index contributed by atoms with van der Waals surface area (Å²) < 4.78 is 12.8. The van der Waals surface area contributed by atoms with E-state index in [0.29, 0.717) is 17.7 Å². The second-order valence-electron chi connectivity index (χ2n) is 8.57. The number of fused-ring (bicyclic) bond motifs is 1. The van der Waals surface area contributed by atoms with Gasteiger partial charge in [-0.3, -0.25) is 4.79 Å². The monoisotopic (exact) mass is 521 g/mol. The molecule has 0 unspecified atom stereocenters. The maximum Gasteiger partial charge on any atom is 0.197 e. The molecule has 2 aromatic carbocycles. The van der Waals surface area contributed by atoms with Gasteiger partial charge in [0.15, 0.2) is 5.78 Å². The zero-order valence-corrected chi connectivity index (χ0v) is 20.6. The number of quaternary nitrogens is 1. The lowest BCUT2D eigenvalue weighted by molar-refractivity contribution is -0.870. The summed E-state index contributed by atoms with van der Waals surface area (Å²) in [5.41, 5.74) is 2.14. The first-order valence-electron chi connectivity index (χ1n) is 10.5. The van der Waals surface area contributed by atoms with E-state index in [0.717, 1.165) is 59.2 Å². The van der Waals surface area contributed by atoms with E-state index >= 15 is 0 Å². The van der Waals surface area contributed by atoms with Crippen molar-refractivity contribution in [1.82, 2.24) is 0 Å². The molecule has 162 valence electrons. The lowest BCUT2D eigenvalue weighted by Gasteiger charge is -2.23. The van der Waals surface area contributed by atoms with Crippen LogP contribution in [0.2, 0.25) is 0 Å². The molecular formula is C25H32INO3. The molecule has 0 saturated heterocycles. The topological polar surface area (TPSA) is 39.4 Å². The summed E-state index contributed by atoms with van der Waals surface area (Å²) >= 11 is 0. The van der Waals surface area contributed by atoms with Crippen LogP contribution in [0, 0.1) is 0 Å². The molecule has 4 nitrogen and oxygen atoms in total. The van der Waals surface area contributed by atoms with Crippen molar-refractivity contribution in [3.63, 3.8) is 0 Å². The van der Waals surface area contributed by atoms with Gasteiger partial charge in [-0.1, -0.05) is 31.5 Å². The van der Waals surface area contributed by atoms with Crippen molar-refractivity contribution in [3.05, 3.63) is 65.4 Å². The number of ether oxygens (including phenoxy) is 1. The molecule has 0 amide bonds. The Labute approximate surface area is 196 Å². The number of benzene rings is 2. The molecule has 0 aliphatic rings. The number of hydrogen-bond donors (Lipinski definition) is 0. The van der Waals surface area contributed by atoms with Crippen LogP contribution >= 0.6 is 0 Å². The van der Waals surface area contributed by atoms with E-state index in [1.165, 1.54) is 0 Å². The molecule has 5 heteroatoms. The average Bonchev–Trinajstić information content (AvgIpc) is 3.07. The molecule has 1 aromatic heterocycles. The number of halogens is 1. The molecule has 0 saturated carbocycles. The van der Waals surface area contributed by atoms with Crippen molar-refractivity contribution in [2.45, 2.75) is 32.6 Å². The van der Waals surface area contributed by atoms with Gasteiger partial charge in [-0.2, -0.15) is 0 Å². The minimum atomic E-state index is 0. The van der Waals surface area contributed by atoms with Crippen molar-refractivity contribution < 1.29 is 42.4 Å². The molecule has 0 fully saturated rings. The van der Waals surface area contributed by atoms with E-state index in [4.69, 9.17) is 9.15 Å². The summed E-state index contributed by atoms with van der Waals surface area (Å²) in [7, 11) is 6.53. The van der Waals surface area contributed by atoms with Crippen molar-refractivity contribution >= 4 is 16.8 Å². The third kappa shape index (κ3) is 6.32. The summed E-state index contributed by atoms with van der Waals surface area (Å²) in [5, 5.41) is 0.893. The highest BCUT2D eigenvalue weighted by atomic mass is 127. The number of hydrogen-bond acceptors (Lipinski definition) is 3. The number of aryl methyl sites for hydroxylation is 1.